The van der Waals surface area contributed by atoms with Gasteiger partial charge in [0.15, 0.2) is 0 Å². The van der Waals surface area contributed by atoms with Crippen LogP contribution in [-0.4, -0.2) is 29.8 Å². The topological polar surface area (TPSA) is 90.7 Å². The van der Waals surface area contributed by atoms with Gasteiger partial charge < -0.3 is 14.8 Å². The Morgan fingerprint density at radius 3 is 2.62 bits per heavy atom. The van der Waals surface area contributed by atoms with Gasteiger partial charge in [-0.05, 0) is 26.8 Å². The van der Waals surface area contributed by atoms with Crippen molar-refractivity contribution in [3.8, 4) is 5.75 Å². The monoisotopic (exact) mass is 316 g/mol. The van der Waals surface area contributed by atoms with E-state index in [9.17, 15) is 14.9 Å². The van der Waals surface area contributed by atoms with Crippen molar-refractivity contribution in [2.75, 3.05) is 13.2 Å². The lowest BCUT2D eigenvalue weighted by Crippen LogP contribution is -2.34. The summed E-state index contributed by atoms with van der Waals surface area (Å²) in [6.45, 7) is 5.72. The SMILES string of the molecule is CC(C)(C)OC(=O)NCCOc1ccc([N+](=O)[O-])c(Cl)c1. The van der Waals surface area contributed by atoms with Crippen LogP contribution in [0.2, 0.25) is 5.02 Å². The van der Waals surface area contributed by atoms with Crippen LogP contribution < -0.4 is 10.1 Å². The molecule has 0 saturated heterocycles. The van der Waals surface area contributed by atoms with Crippen LogP contribution in [0.1, 0.15) is 20.8 Å². The Labute approximate surface area is 127 Å². The average molecular weight is 317 g/mol. The van der Waals surface area contributed by atoms with Crippen LogP contribution in [0.4, 0.5) is 10.5 Å². The number of amides is 1. The molecule has 0 saturated carbocycles. The van der Waals surface area contributed by atoms with Crippen LogP contribution in [0.3, 0.4) is 0 Å². The Morgan fingerprint density at radius 1 is 1.43 bits per heavy atom. The summed E-state index contributed by atoms with van der Waals surface area (Å²) >= 11 is 5.75. The van der Waals surface area contributed by atoms with Crippen molar-refractivity contribution in [1.29, 1.82) is 0 Å². The molecular weight excluding hydrogens is 300 g/mol. The molecule has 0 fully saturated rings. The largest absolute Gasteiger partial charge is 0.492 e. The fourth-order valence-electron chi connectivity index (χ4n) is 1.36. The predicted molar refractivity (Wildman–Crippen MR) is 77.8 cm³/mol. The molecule has 1 rings (SSSR count). The number of ether oxygens (including phenoxy) is 2. The zero-order chi connectivity index (χ0) is 16.0. The van der Waals surface area contributed by atoms with Gasteiger partial charge in [-0.1, -0.05) is 11.6 Å². The van der Waals surface area contributed by atoms with Crippen molar-refractivity contribution in [3.05, 3.63) is 33.3 Å². The summed E-state index contributed by atoms with van der Waals surface area (Å²) in [4.78, 5) is 21.4. The van der Waals surface area contributed by atoms with Crippen LogP contribution in [0.25, 0.3) is 0 Å². The van der Waals surface area contributed by atoms with Crippen LogP contribution in [0, 0.1) is 10.1 Å². The number of hydrogen-bond acceptors (Lipinski definition) is 5. The third-order valence-electron chi connectivity index (χ3n) is 2.15. The van der Waals surface area contributed by atoms with Crippen LogP contribution in [0.15, 0.2) is 18.2 Å². The normalized spacial score (nSPS) is 10.9. The molecule has 1 N–H and O–H groups in total. The second-order valence-electron chi connectivity index (χ2n) is 5.15. The van der Waals surface area contributed by atoms with Crippen molar-refractivity contribution in [2.24, 2.45) is 0 Å². The summed E-state index contributed by atoms with van der Waals surface area (Å²) in [6, 6.07) is 4.06. The van der Waals surface area contributed by atoms with Crippen molar-refractivity contribution >= 4 is 23.4 Å². The summed E-state index contributed by atoms with van der Waals surface area (Å²) in [5.41, 5.74) is -0.743. The van der Waals surface area contributed by atoms with Gasteiger partial charge in [-0.2, -0.15) is 0 Å². The highest BCUT2D eigenvalue weighted by atomic mass is 35.5. The zero-order valence-corrected chi connectivity index (χ0v) is 12.8. The Balaban J connectivity index is 2.38. The van der Waals surface area contributed by atoms with Gasteiger partial charge in [-0.15, -0.1) is 0 Å². The average Bonchev–Trinajstić information content (AvgIpc) is 2.32. The number of alkyl carbamates (subject to hydrolysis) is 1. The van der Waals surface area contributed by atoms with Crippen LogP contribution in [-0.2, 0) is 4.74 Å². The quantitative estimate of drug-likeness (QED) is 0.512. The van der Waals surface area contributed by atoms with E-state index in [1.165, 1.54) is 18.2 Å². The first-order valence-electron chi connectivity index (χ1n) is 6.22. The highest BCUT2D eigenvalue weighted by Crippen LogP contribution is 2.28. The molecule has 0 unspecified atom stereocenters. The first kappa shape index (κ1) is 17.0. The molecule has 0 aliphatic heterocycles. The molecule has 1 aromatic rings. The van der Waals surface area contributed by atoms with Gasteiger partial charge in [0.05, 0.1) is 11.5 Å². The number of hydrogen-bond donors (Lipinski definition) is 1. The van der Waals surface area contributed by atoms with E-state index in [0.717, 1.165) is 0 Å². The fourth-order valence-corrected chi connectivity index (χ4v) is 1.60. The molecule has 0 aliphatic rings. The van der Waals surface area contributed by atoms with Gasteiger partial charge >= 0.3 is 6.09 Å². The second-order valence-corrected chi connectivity index (χ2v) is 5.55. The van der Waals surface area contributed by atoms with E-state index < -0.39 is 16.6 Å². The second kappa shape index (κ2) is 7.12. The lowest BCUT2D eigenvalue weighted by atomic mass is 10.2. The Kier molecular flexibility index (Phi) is 5.78. The third-order valence-corrected chi connectivity index (χ3v) is 2.46. The van der Waals surface area contributed by atoms with Gasteiger partial charge in [0.1, 0.15) is 23.0 Å². The molecule has 0 bridgehead atoms. The molecule has 0 aliphatic carbocycles. The first-order valence-corrected chi connectivity index (χ1v) is 6.60. The number of benzene rings is 1. The number of carbonyl (C=O) groups excluding carboxylic acids is 1. The third kappa shape index (κ3) is 6.31. The number of nitro groups is 1. The maximum absolute atomic E-state index is 11.4. The number of rotatable bonds is 5. The first-order chi connectivity index (χ1) is 9.69. The molecule has 0 aromatic heterocycles. The molecule has 7 nitrogen and oxygen atoms in total. The van der Waals surface area contributed by atoms with Gasteiger partial charge in [0, 0.05) is 12.1 Å². The maximum Gasteiger partial charge on any atom is 0.407 e. The number of nitrogens with zero attached hydrogens (tertiary/aromatic N) is 1. The number of carbonyl (C=O) groups is 1. The lowest BCUT2D eigenvalue weighted by Gasteiger charge is -2.19. The van der Waals surface area contributed by atoms with Gasteiger partial charge in [0.25, 0.3) is 5.69 Å². The zero-order valence-electron chi connectivity index (χ0n) is 12.0. The van der Waals surface area contributed by atoms with Crippen LogP contribution in [0.5, 0.6) is 5.75 Å². The van der Waals surface area contributed by atoms with E-state index in [1.54, 1.807) is 20.8 Å². The smallest absolute Gasteiger partial charge is 0.407 e. The molecule has 0 radical (unpaired) electrons. The molecule has 0 atom stereocenters. The minimum Gasteiger partial charge on any atom is -0.492 e. The maximum atomic E-state index is 11.4. The molecule has 0 heterocycles. The summed E-state index contributed by atoms with van der Waals surface area (Å²) in [5, 5.41) is 13.1. The highest BCUT2D eigenvalue weighted by molar-refractivity contribution is 6.32. The summed E-state index contributed by atoms with van der Waals surface area (Å²) in [5.74, 6) is 0.386. The number of nitro benzene ring substituents is 1. The Morgan fingerprint density at radius 2 is 2.10 bits per heavy atom. The van der Waals surface area contributed by atoms with E-state index in [0.29, 0.717) is 5.75 Å². The molecule has 21 heavy (non-hydrogen) atoms. The minimum absolute atomic E-state index is 0.00222. The molecule has 8 heteroatoms. The van der Waals surface area contributed by atoms with Crippen molar-refractivity contribution in [3.63, 3.8) is 0 Å². The van der Waals surface area contributed by atoms with E-state index in [4.69, 9.17) is 21.1 Å². The molecule has 0 spiro atoms. The van der Waals surface area contributed by atoms with Crippen molar-refractivity contribution in [1.82, 2.24) is 5.32 Å². The van der Waals surface area contributed by atoms with Crippen molar-refractivity contribution < 1.29 is 19.2 Å². The summed E-state index contributed by atoms with van der Waals surface area (Å²) in [7, 11) is 0. The van der Waals surface area contributed by atoms with Crippen LogP contribution >= 0.6 is 11.6 Å². The standard InChI is InChI=1S/C13H17ClN2O5/c1-13(2,3)21-12(17)15-6-7-20-9-4-5-11(16(18)19)10(14)8-9/h4-5,8H,6-7H2,1-3H3,(H,15,17). The highest BCUT2D eigenvalue weighted by Gasteiger charge is 2.15. The summed E-state index contributed by atoms with van der Waals surface area (Å²) in [6.07, 6.45) is -0.534. The summed E-state index contributed by atoms with van der Waals surface area (Å²) < 4.78 is 10.4. The molecule has 1 aromatic carbocycles. The Hall–Kier alpha value is -2.02. The van der Waals surface area contributed by atoms with E-state index in [2.05, 4.69) is 5.32 Å². The van der Waals surface area contributed by atoms with E-state index in [1.807, 2.05) is 0 Å². The van der Waals surface area contributed by atoms with Gasteiger partial charge in [-0.25, -0.2) is 4.79 Å². The van der Waals surface area contributed by atoms with Crippen molar-refractivity contribution in [2.45, 2.75) is 26.4 Å². The minimum atomic E-state index is -0.573. The van der Waals surface area contributed by atoms with E-state index in [-0.39, 0.29) is 23.9 Å². The molecule has 1 amide bonds. The Bertz CT molecular complexity index is 528. The van der Waals surface area contributed by atoms with Gasteiger partial charge in [0.2, 0.25) is 0 Å². The predicted octanol–water partition coefficient (Wildman–Crippen LogP) is 3.15. The molecular formula is C13H17ClN2O5. The number of nitrogens with one attached hydrogen (secondary N) is 1. The van der Waals surface area contributed by atoms with Gasteiger partial charge in [-0.3, -0.25) is 10.1 Å². The lowest BCUT2D eigenvalue weighted by molar-refractivity contribution is -0.384. The fraction of sp³-hybridized carbons (Fsp3) is 0.462. The van der Waals surface area contributed by atoms with E-state index >= 15 is 0 Å². The number of halogens is 1. The molecule has 116 valence electrons.